The molecule has 3 aromatic carbocycles. The SMILES string of the molecule is Nc1cc(COC(=O)C2=C(CCc3ccc4c(c3)OCO4)NC(=O)NC2c2cccc(F)c2)ccc1F. The van der Waals surface area contributed by atoms with Crippen LogP contribution >= 0.6 is 0 Å². The fourth-order valence-electron chi connectivity index (χ4n) is 4.27. The average molecular weight is 507 g/mol. The summed E-state index contributed by atoms with van der Waals surface area (Å²) in [6.45, 7) is -0.0251. The standard InChI is InChI=1S/C27H23F2N3O5/c28-18-3-1-2-17(12-18)25-24(26(33)35-13-16-4-7-19(29)20(30)10-16)21(31-27(34)32-25)8-5-15-6-9-22-23(11-15)37-14-36-22/h1-4,6-7,9-12,25H,5,8,13-14,30H2,(H2,31,32,34). The lowest BCUT2D eigenvalue weighted by molar-refractivity contribution is -0.140. The second-order valence-corrected chi connectivity index (χ2v) is 8.60. The van der Waals surface area contributed by atoms with E-state index >= 15 is 0 Å². The third-order valence-corrected chi connectivity index (χ3v) is 6.09. The number of anilines is 1. The van der Waals surface area contributed by atoms with Gasteiger partial charge in [-0.15, -0.1) is 0 Å². The molecule has 2 amide bonds. The van der Waals surface area contributed by atoms with E-state index < -0.39 is 29.7 Å². The zero-order valence-corrected chi connectivity index (χ0v) is 19.6. The molecule has 2 aliphatic heterocycles. The van der Waals surface area contributed by atoms with Gasteiger partial charge in [0.1, 0.15) is 18.2 Å². The summed E-state index contributed by atoms with van der Waals surface area (Å²) in [5.74, 6) is -0.535. The van der Waals surface area contributed by atoms with E-state index in [9.17, 15) is 18.4 Å². The number of allylic oxidation sites excluding steroid dienone is 1. The van der Waals surface area contributed by atoms with Crippen molar-refractivity contribution < 1.29 is 32.6 Å². The summed E-state index contributed by atoms with van der Waals surface area (Å²) in [6, 6.07) is 13.7. The zero-order valence-electron chi connectivity index (χ0n) is 19.6. The maximum absolute atomic E-state index is 14.0. The summed E-state index contributed by atoms with van der Waals surface area (Å²) in [6.07, 6.45) is 0.750. The zero-order chi connectivity index (χ0) is 25.9. The summed E-state index contributed by atoms with van der Waals surface area (Å²) in [5.41, 5.74) is 7.81. The highest BCUT2D eigenvalue weighted by molar-refractivity contribution is 5.95. The lowest BCUT2D eigenvalue weighted by Gasteiger charge is -2.29. The van der Waals surface area contributed by atoms with Crippen molar-refractivity contribution in [2.24, 2.45) is 0 Å². The fourth-order valence-corrected chi connectivity index (χ4v) is 4.27. The van der Waals surface area contributed by atoms with Crippen LogP contribution in [0.15, 0.2) is 71.9 Å². The summed E-state index contributed by atoms with van der Waals surface area (Å²) in [5, 5.41) is 5.39. The van der Waals surface area contributed by atoms with Crippen molar-refractivity contribution in [1.29, 1.82) is 0 Å². The van der Waals surface area contributed by atoms with Gasteiger partial charge in [-0.05, 0) is 65.9 Å². The molecule has 2 heterocycles. The van der Waals surface area contributed by atoms with Gasteiger partial charge in [0.2, 0.25) is 6.79 Å². The average Bonchev–Trinajstić information content (AvgIpc) is 3.35. The van der Waals surface area contributed by atoms with Gasteiger partial charge in [-0.1, -0.05) is 24.3 Å². The van der Waals surface area contributed by atoms with Crippen LogP contribution in [0.2, 0.25) is 0 Å². The van der Waals surface area contributed by atoms with Gasteiger partial charge in [0, 0.05) is 5.70 Å². The van der Waals surface area contributed by atoms with Crippen LogP contribution in [-0.2, 0) is 22.6 Å². The van der Waals surface area contributed by atoms with E-state index in [0.717, 1.165) is 5.56 Å². The Morgan fingerprint density at radius 3 is 2.62 bits per heavy atom. The first kappa shape index (κ1) is 24.1. The van der Waals surface area contributed by atoms with Crippen molar-refractivity contribution in [3.05, 3.63) is 100 Å². The lowest BCUT2D eigenvalue weighted by atomic mass is 9.93. The number of hydrogen-bond donors (Lipinski definition) is 3. The molecular formula is C27H23F2N3O5. The topological polar surface area (TPSA) is 112 Å². The number of rotatable bonds is 7. The molecule has 0 aliphatic carbocycles. The van der Waals surface area contributed by atoms with Crippen molar-refractivity contribution in [3.63, 3.8) is 0 Å². The van der Waals surface area contributed by atoms with Crippen molar-refractivity contribution in [1.82, 2.24) is 10.6 Å². The molecule has 2 aliphatic rings. The van der Waals surface area contributed by atoms with E-state index in [1.165, 1.54) is 36.4 Å². The van der Waals surface area contributed by atoms with Gasteiger partial charge < -0.3 is 30.6 Å². The molecule has 8 nitrogen and oxygen atoms in total. The Bertz CT molecular complexity index is 1410. The number of fused-ring (bicyclic) bond motifs is 1. The van der Waals surface area contributed by atoms with Crippen molar-refractivity contribution in [3.8, 4) is 11.5 Å². The second kappa shape index (κ2) is 10.2. The number of aryl methyl sites for hydroxylation is 1. The van der Waals surface area contributed by atoms with Crippen molar-refractivity contribution in [2.45, 2.75) is 25.5 Å². The van der Waals surface area contributed by atoms with Gasteiger partial charge in [0.15, 0.2) is 11.5 Å². The largest absolute Gasteiger partial charge is 0.457 e. The number of hydrogen-bond acceptors (Lipinski definition) is 6. The number of nitrogens with two attached hydrogens (primary N) is 1. The van der Waals surface area contributed by atoms with Gasteiger partial charge in [-0.3, -0.25) is 0 Å². The molecule has 37 heavy (non-hydrogen) atoms. The quantitative estimate of drug-likeness (QED) is 0.326. The minimum absolute atomic E-state index is 0.0681. The van der Waals surface area contributed by atoms with Gasteiger partial charge in [0.25, 0.3) is 0 Å². The van der Waals surface area contributed by atoms with Gasteiger partial charge in [0.05, 0.1) is 17.3 Å². The molecular weight excluding hydrogens is 484 g/mol. The summed E-state index contributed by atoms with van der Waals surface area (Å²) in [7, 11) is 0. The van der Waals surface area contributed by atoms with Crippen LogP contribution in [0.3, 0.4) is 0 Å². The third-order valence-electron chi connectivity index (χ3n) is 6.09. The Kier molecular flexibility index (Phi) is 6.63. The number of nitrogen functional groups attached to an aromatic ring is 1. The predicted octanol–water partition coefficient (Wildman–Crippen LogP) is 4.26. The van der Waals surface area contributed by atoms with Crippen molar-refractivity contribution >= 4 is 17.7 Å². The number of halogens is 2. The van der Waals surface area contributed by atoms with Crippen LogP contribution in [0.5, 0.6) is 11.5 Å². The monoisotopic (exact) mass is 507 g/mol. The summed E-state index contributed by atoms with van der Waals surface area (Å²) >= 11 is 0. The molecule has 1 unspecified atom stereocenters. The fraction of sp³-hybridized carbons (Fsp3) is 0.185. The first-order chi connectivity index (χ1) is 17.9. The van der Waals surface area contributed by atoms with Gasteiger partial charge >= 0.3 is 12.0 Å². The highest BCUT2D eigenvalue weighted by Gasteiger charge is 2.34. The van der Waals surface area contributed by atoms with E-state index in [1.807, 2.05) is 12.1 Å². The minimum atomic E-state index is -0.943. The molecule has 10 heteroatoms. The van der Waals surface area contributed by atoms with E-state index in [2.05, 4.69) is 10.6 Å². The van der Waals surface area contributed by atoms with Gasteiger partial charge in [-0.25, -0.2) is 18.4 Å². The molecule has 0 radical (unpaired) electrons. The highest BCUT2D eigenvalue weighted by Crippen LogP contribution is 2.34. The minimum Gasteiger partial charge on any atom is -0.457 e. The Hall–Kier alpha value is -4.60. The number of amides is 2. The van der Waals surface area contributed by atoms with Crippen LogP contribution < -0.4 is 25.8 Å². The van der Waals surface area contributed by atoms with Crippen LogP contribution in [0.4, 0.5) is 19.3 Å². The lowest BCUT2D eigenvalue weighted by Crippen LogP contribution is -2.46. The molecule has 4 N–H and O–H groups in total. The predicted molar refractivity (Wildman–Crippen MR) is 129 cm³/mol. The Labute approximate surface area is 211 Å². The number of ether oxygens (including phenoxy) is 3. The highest BCUT2D eigenvalue weighted by atomic mass is 19.1. The Morgan fingerprint density at radius 1 is 1.00 bits per heavy atom. The number of esters is 1. The van der Waals surface area contributed by atoms with Crippen molar-refractivity contribution in [2.75, 3.05) is 12.5 Å². The molecule has 0 spiro atoms. The second-order valence-electron chi connectivity index (χ2n) is 8.60. The molecule has 0 fully saturated rings. The number of nitrogens with one attached hydrogen (secondary N) is 2. The first-order valence-corrected chi connectivity index (χ1v) is 11.5. The van der Waals surface area contributed by atoms with Crippen LogP contribution in [-0.4, -0.2) is 18.8 Å². The van der Waals surface area contributed by atoms with E-state index in [0.29, 0.717) is 34.7 Å². The van der Waals surface area contributed by atoms with Crippen LogP contribution in [0.25, 0.3) is 0 Å². The van der Waals surface area contributed by atoms with E-state index in [4.69, 9.17) is 19.9 Å². The van der Waals surface area contributed by atoms with E-state index in [-0.39, 0.29) is 31.1 Å². The number of urea groups is 1. The molecule has 1 atom stereocenters. The van der Waals surface area contributed by atoms with Crippen LogP contribution in [0, 0.1) is 11.6 Å². The summed E-state index contributed by atoms with van der Waals surface area (Å²) < 4.78 is 43.8. The molecule has 0 saturated carbocycles. The molecule has 0 saturated heterocycles. The first-order valence-electron chi connectivity index (χ1n) is 11.5. The number of carbonyl (C=O) groups is 2. The van der Waals surface area contributed by atoms with Gasteiger partial charge in [-0.2, -0.15) is 0 Å². The maximum atomic E-state index is 14.0. The maximum Gasteiger partial charge on any atom is 0.338 e. The molecule has 5 rings (SSSR count). The number of benzene rings is 3. The Morgan fingerprint density at radius 2 is 1.81 bits per heavy atom. The van der Waals surface area contributed by atoms with Crippen LogP contribution in [0.1, 0.15) is 29.2 Å². The Balaban J connectivity index is 1.44. The smallest absolute Gasteiger partial charge is 0.338 e. The normalized spacial score (nSPS) is 16.3. The number of carbonyl (C=O) groups excluding carboxylic acids is 2. The summed E-state index contributed by atoms with van der Waals surface area (Å²) in [4.78, 5) is 25.9. The molecule has 3 aromatic rings. The van der Waals surface area contributed by atoms with E-state index in [1.54, 1.807) is 12.1 Å². The molecule has 0 aromatic heterocycles. The third kappa shape index (κ3) is 5.32. The molecule has 0 bridgehead atoms. The molecule has 190 valence electrons.